The van der Waals surface area contributed by atoms with Gasteiger partial charge in [-0.15, -0.1) is 0 Å². The molecule has 21 heavy (non-hydrogen) atoms. The van der Waals surface area contributed by atoms with Gasteiger partial charge in [-0.05, 0) is 0 Å². The fourth-order valence-electron chi connectivity index (χ4n) is 2.76. The third-order valence-corrected chi connectivity index (χ3v) is 3.95. The molecule has 2 amide bonds. The molecule has 1 atom stereocenters. The summed E-state index contributed by atoms with van der Waals surface area (Å²) in [6.45, 7) is 7.05. The van der Waals surface area contributed by atoms with Gasteiger partial charge in [0.1, 0.15) is 17.5 Å². The first-order chi connectivity index (χ1) is 10.1. The predicted molar refractivity (Wildman–Crippen MR) is 80.0 cm³/mol. The average molecular weight is 291 g/mol. The first-order valence-corrected chi connectivity index (χ1v) is 7.23. The van der Waals surface area contributed by atoms with Gasteiger partial charge in [0.2, 0.25) is 0 Å². The second-order valence-corrected chi connectivity index (χ2v) is 5.75. The number of carbonyl (C=O) groups excluding carboxylic acids is 1. The van der Waals surface area contributed by atoms with E-state index in [1.165, 1.54) is 0 Å². The lowest BCUT2D eigenvalue weighted by Gasteiger charge is -2.37. The summed E-state index contributed by atoms with van der Waals surface area (Å²) in [4.78, 5) is 24.7. The number of amides is 2. The second kappa shape index (κ2) is 5.36. The summed E-state index contributed by atoms with van der Waals surface area (Å²) in [5, 5.41) is 2.88. The van der Waals surface area contributed by atoms with Gasteiger partial charge >= 0.3 is 6.03 Å². The maximum Gasteiger partial charge on any atom is 0.317 e. The van der Waals surface area contributed by atoms with Gasteiger partial charge in [-0.1, -0.05) is 13.8 Å². The van der Waals surface area contributed by atoms with Gasteiger partial charge in [-0.2, -0.15) is 0 Å². The van der Waals surface area contributed by atoms with E-state index in [2.05, 4.69) is 39.5 Å². The summed E-state index contributed by atoms with van der Waals surface area (Å²) in [7, 11) is 0. The Kier molecular flexibility index (Phi) is 3.54. The summed E-state index contributed by atoms with van der Waals surface area (Å²) in [5.74, 6) is 7.98. The van der Waals surface area contributed by atoms with E-state index in [-0.39, 0.29) is 18.0 Å². The summed E-state index contributed by atoms with van der Waals surface area (Å²) >= 11 is 0. The van der Waals surface area contributed by atoms with Crippen LogP contribution < -0.4 is 21.5 Å². The van der Waals surface area contributed by atoms with E-state index in [9.17, 15) is 4.79 Å². The summed E-state index contributed by atoms with van der Waals surface area (Å²) in [6, 6.07) is 2.10. The molecule has 0 spiro atoms. The fourth-order valence-corrected chi connectivity index (χ4v) is 2.76. The largest absolute Gasteiger partial charge is 0.353 e. The van der Waals surface area contributed by atoms with Gasteiger partial charge in [0.25, 0.3) is 0 Å². The van der Waals surface area contributed by atoms with E-state index in [0.717, 1.165) is 24.7 Å². The molecular weight excluding hydrogens is 270 g/mol. The highest BCUT2D eigenvalue weighted by atomic mass is 16.2. The van der Waals surface area contributed by atoms with E-state index in [0.29, 0.717) is 18.9 Å². The SMILES string of the molecule is CC(C)c1nc(NN)cc(N2CCN3C(=O)NCC3C2)n1. The predicted octanol–water partition coefficient (Wildman–Crippen LogP) is 0.0994. The molecule has 2 fully saturated rings. The van der Waals surface area contributed by atoms with Crippen molar-refractivity contribution < 1.29 is 4.79 Å². The number of rotatable bonds is 3. The Hall–Kier alpha value is -2.09. The number of nitrogens with two attached hydrogens (primary N) is 1. The molecule has 114 valence electrons. The Morgan fingerprint density at radius 2 is 2.24 bits per heavy atom. The highest BCUT2D eigenvalue weighted by molar-refractivity contribution is 5.77. The number of hydrazine groups is 1. The van der Waals surface area contributed by atoms with E-state index in [1.54, 1.807) is 0 Å². The highest BCUT2D eigenvalue weighted by Crippen LogP contribution is 2.23. The van der Waals surface area contributed by atoms with Crippen molar-refractivity contribution >= 4 is 17.7 Å². The lowest BCUT2D eigenvalue weighted by molar-refractivity contribution is 0.197. The Morgan fingerprint density at radius 1 is 1.43 bits per heavy atom. The molecule has 1 aromatic heterocycles. The number of anilines is 2. The van der Waals surface area contributed by atoms with Gasteiger partial charge < -0.3 is 20.5 Å². The molecule has 0 bridgehead atoms. The Labute approximate surface area is 123 Å². The number of fused-ring (bicyclic) bond motifs is 1. The van der Waals surface area contributed by atoms with E-state index in [1.807, 2.05) is 11.0 Å². The van der Waals surface area contributed by atoms with Crippen LogP contribution in [0.25, 0.3) is 0 Å². The van der Waals surface area contributed by atoms with Gasteiger partial charge in [0.15, 0.2) is 0 Å². The highest BCUT2D eigenvalue weighted by Gasteiger charge is 2.35. The molecule has 3 heterocycles. The zero-order valence-electron chi connectivity index (χ0n) is 12.3. The van der Waals surface area contributed by atoms with E-state index in [4.69, 9.17) is 5.84 Å². The molecule has 3 rings (SSSR count). The maximum atomic E-state index is 11.6. The molecule has 1 aromatic rings. The van der Waals surface area contributed by atoms with Crippen molar-refractivity contribution in [1.82, 2.24) is 20.2 Å². The van der Waals surface area contributed by atoms with Crippen LogP contribution in [-0.2, 0) is 0 Å². The first kappa shape index (κ1) is 13.9. The minimum Gasteiger partial charge on any atom is -0.353 e. The van der Waals surface area contributed by atoms with Crippen molar-refractivity contribution in [3.63, 3.8) is 0 Å². The Morgan fingerprint density at radius 3 is 2.95 bits per heavy atom. The number of nitrogens with one attached hydrogen (secondary N) is 2. The fraction of sp³-hybridized carbons (Fsp3) is 0.615. The van der Waals surface area contributed by atoms with Crippen LogP contribution in [0.3, 0.4) is 0 Å². The van der Waals surface area contributed by atoms with Crippen molar-refractivity contribution in [3.05, 3.63) is 11.9 Å². The summed E-state index contributed by atoms with van der Waals surface area (Å²) in [6.07, 6.45) is 0. The number of aromatic nitrogens is 2. The zero-order valence-corrected chi connectivity index (χ0v) is 12.3. The molecule has 0 saturated carbocycles. The van der Waals surface area contributed by atoms with Crippen molar-refractivity contribution in [2.24, 2.45) is 5.84 Å². The molecule has 0 aliphatic carbocycles. The molecule has 2 aliphatic rings. The lowest BCUT2D eigenvalue weighted by atomic mass is 10.2. The molecule has 0 aromatic carbocycles. The van der Waals surface area contributed by atoms with Gasteiger partial charge in [0, 0.05) is 38.2 Å². The smallest absolute Gasteiger partial charge is 0.317 e. The minimum atomic E-state index is 0.0366. The topological polar surface area (TPSA) is 99.4 Å². The minimum absolute atomic E-state index is 0.0366. The normalized spacial score (nSPS) is 21.5. The van der Waals surface area contributed by atoms with Crippen molar-refractivity contribution in [3.8, 4) is 0 Å². The van der Waals surface area contributed by atoms with Crippen LogP contribution >= 0.6 is 0 Å². The monoisotopic (exact) mass is 291 g/mol. The van der Waals surface area contributed by atoms with Gasteiger partial charge in [0.05, 0.1) is 6.04 Å². The number of nitrogens with zero attached hydrogens (tertiary/aromatic N) is 4. The van der Waals surface area contributed by atoms with Crippen LogP contribution in [0.5, 0.6) is 0 Å². The molecule has 8 nitrogen and oxygen atoms in total. The van der Waals surface area contributed by atoms with E-state index >= 15 is 0 Å². The molecular formula is C13H21N7O. The van der Waals surface area contributed by atoms with Crippen LogP contribution in [-0.4, -0.2) is 53.1 Å². The third kappa shape index (κ3) is 2.58. The van der Waals surface area contributed by atoms with Crippen molar-refractivity contribution in [1.29, 1.82) is 0 Å². The molecule has 0 radical (unpaired) electrons. The number of carbonyl (C=O) groups is 1. The van der Waals surface area contributed by atoms with Crippen LogP contribution in [0.4, 0.5) is 16.4 Å². The molecule has 8 heteroatoms. The van der Waals surface area contributed by atoms with Gasteiger partial charge in [-0.3, -0.25) is 0 Å². The number of nitrogen functional groups attached to an aromatic ring is 1. The quantitative estimate of drug-likeness (QED) is 0.539. The Balaban J connectivity index is 1.83. The molecule has 2 saturated heterocycles. The Bertz CT molecular complexity index is 547. The van der Waals surface area contributed by atoms with E-state index < -0.39 is 0 Å². The van der Waals surface area contributed by atoms with Crippen molar-refractivity contribution in [2.75, 3.05) is 36.5 Å². The molecule has 1 unspecified atom stereocenters. The van der Waals surface area contributed by atoms with Crippen LogP contribution in [0.15, 0.2) is 6.07 Å². The average Bonchev–Trinajstić information content (AvgIpc) is 2.87. The zero-order chi connectivity index (χ0) is 15.0. The number of piperazine rings is 1. The maximum absolute atomic E-state index is 11.6. The molecule has 4 N–H and O–H groups in total. The first-order valence-electron chi connectivity index (χ1n) is 7.23. The second-order valence-electron chi connectivity index (χ2n) is 5.75. The summed E-state index contributed by atoms with van der Waals surface area (Å²) < 4.78 is 0. The third-order valence-electron chi connectivity index (χ3n) is 3.95. The number of urea groups is 1. The van der Waals surface area contributed by atoms with Crippen LogP contribution in [0.2, 0.25) is 0 Å². The van der Waals surface area contributed by atoms with Crippen LogP contribution in [0.1, 0.15) is 25.6 Å². The van der Waals surface area contributed by atoms with Crippen LogP contribution in [0, 0.1) is 0 Å². The lowest BCUT2D eigenvalue weighted by Crippen LogP contribution is -2.52. The number of hydrogen-bond donors (Lipinski definition) is 3. The summed E-state index contributed by atoms with van der Waals surface area (Å²) in [5.41, 5.74) is 2.60. The van der Waals surface area contributed by atoms with Crippen molar-refractivity contribution in [2.45, 2.75) is 25.8 Å². The molecule has 2 aliphatic heterocycles. The number of hydrogen-bond acceptors (Lipinski definition) is 6. The van der Waals surface area contributed by atoms with Gasteiger partial charge in [-0.25, -0.2) is 20.6 Å². The standard InChI is InChI=1S/C13H21N7O/c1-8(2)12-16-10(18-14)5-11(17-12)19-3-4-20-9(7-19)6-15-13(20)21/h5,8-9H,3-4,6-7,14H2,1-2H3,(H,15,21)(H,16,17,18).